The molecular weight excluding hydrogens is 838 g/mol. The van der Waals surface area contributed by atoms with E-state index in [0.29, 0.717) is 47.4 Å². The Morgan fingerprint density at radius 1 is 0.646 bits per heavy atom. The van der Waals surface area contributed by atoms with Gasteiger partial charge in [0.15, 0.2) is 11.6 Å². The second-order valence-electron chi connectivity index (χ2n) is 15.6. The Morgan fingerprint density at radius 3 is 2.20 bits per heavy atom. The van der Waals surface area contributed by atoms with Crippen molar-refractivity contribution in [2.45, 2.75) is 26.4 Å². The zero-order valence-electron chi connectivity index (χ0n) is 35.1. The summed E-state index contributed by atoms with van der Waals surface area (Å²) in [4.78, 5) is 27.9. The molecule has 0 aliphatic carbocycles. The quantitative estimate of drug-likeness (QED) is 0.115. The average Bonchev–Trinajstić information content (AvgIpc) is 4.15. The normalized spacial score (nSPS) is 13.4. The number of pyridine rings is 2. The Kier molecular flexibility index (Phi) is 10.9. The van der Waals surface area contributed by atoms with E-state index >= 15 is 0 Å². The van der Waals surface area contributed by atoms with Crippen molar-refractivity contribution in [2.24, 2.45) is 0 Å². The van der Waals surface area contributed by atoms with Gasteiger partial charge in [0.2, 0.25) is 17.5 Å². The Labute approximate surface area is 369 Å². The van der Waals surface area contributed by atoms with Crippen LogP contribution in [0.2, 0.25) is 0 Å². The fourth-order valence-electron chi connectivity index (χ4n) is 7.55. The second kappa shape index (κ2) is 17.3. The molecule has 0 amide bonds. The summed E-state index contributed by atoms with van der Waals surface area (Å²) in [5.41, 5.74) is 5.74. The van der Waals surface area contributed by atoms with Gasteiger partial charge in [0, 0.05) is 67.0 Å². The van der Waals surface area contributed by atoms with Crippen LogP contribution >= 0.6 is 0 Å². The predicted octanol–water partition coefficient (Wildman–Crippen LogP) is 8.69. The zero-order chi connectivity index (χ0) is 44.5. The largest absolute Gasteiger partial charge is 0.573 e. The molecule has 0 spiro atoms. The smallest absolute Gasteiger partial charge is 0.453 e. The van der Waals surface area contributed by atoms with Crippen LogP contribution in [0.25, 0.3) is 68.5 Å². The minimum Gasteiger partial charge on any atom is -0.453 e. The number of hydrogen-bond acceptors (Lipinski definition) is 13. The maximum absolute atomic E-state index is 12.7. The van der Waals surface area contributed by atoms with Crippen molar-refractivity contribution in [3.8, 4) is 74.3 Å². The molecular formula is C47H39F3N12O3. The molecule has 326 valence electrons. The van der Waals surface area contributed by atoms with E-state index in [1.807, 2.05) is 96.7 Å². The Balaban J connectivity index is 0.888. The van der Waals surface area contributed by atoms with E-state index < -0.39 is 6.36 Å². The minimum absolute atomic E-state index is 0.0273. The van der Waals surface area contributed by atoms with Crippen molar-refractivity contribution in [1.82, 2.24) is 54.5 Å². The number of piperazine rings is 1. The molecule has 18 heteroatoms. The van der Waals surface area contributed by atoms with Crippen LogP contribution in [0, 0.1) is 6.92 Å². The van der Waals surface area contributed by atoms with Gasteiger partial charge in [-0.15, -0.1) is 23.4 Å². The maximum atomic E-state index is 12.7. The summed E-state index contributed by atoms with van der Waals surface area (Å²) in [6, 6.07) is 32.8. The van der Waals surface area contributed by atoms with Gasteiger partial charge in [0.1, 0.15) is 23.2 Å². The molecule has 6 aromatic heterocycles. The number of anilines is 1. The Bertz CT molecular complexity index is 3080. The van der Waals surface area contributed by atoms with Crippen LogP contribution in [-0.2, 0) is 13.1 Å². The van der Waals surface area contributed by atoms with Gasteiger partial charge >= 0.3 is 6.36 Å². The fraction of sp³-hybridized carbons (Fsp3) is 0.191. The molecule has 0 bridgehead atoms. The summed E-state index contributed by atoms with van der Waals surface area (Å²) in [7, 11) is 2.14. The van der Waals surface area contributed by atoms with Crippen LogP contribution in [0.1, 0.15) is 17.0 Å². The summed E-state index contributed by atoms with van der Waals surface area (Å²) >= 11 is 0. The van der Waals surface area contributed by atoms with Gasteiger partial charge < -0.3 is 23.5 Å². The van der Waals surface area contributed by atoms with Crippen molar-refractivity contribution in [3.05, 3.63) is 145 Å². The van der Waals surface area contributed by atoms with Crippen molar-refractivity contribution in [3.63, 3.8) is 0 Å². The highest BCUT2D eigenvalue weighted by atomic mass is 19.4. The number of ether oxygens (including phenoxy) is 1. The number of rotatable bonds is 12. The first kappa shape index (κ1) is 41.0. The van der Waals surface area contributed by atoms with Crippen molar-refractivity contribution >= 4 is 5.82 Å². The third kappa shape index (κ3) is 9.24. The molecule has 10 rings (SSSR count). The van der Waals surface area contributed by atoms with Crippen molar-refractivity contribution < 1.29 is 26.8 Å². The number of hydrogen-bond donors (Lipinski definition) is 0. The first-order valence-electron chi connectivity index (χ1n) is 20.7. The van der Waals surface area contributed by atoms with E-state index in [4.69, 9.17) is 29.1 Å². The Hall–Kier alpha value is -7.99. The van der Waals surface area contributed by atoms with Crippen LogP contribution in [0.3, 0.4) is 0 Å². The standard InChI is InChI=1S/C47H39F3N12O3/c1-30-53-43(56-61(30)29-32-17-18-52-41(23-32)60-21-19-59(2)20-22-60)40-16-15-39(63-40)35-10-6-9-34(24-35)36-25-37(27-51-26-36)45-54-44(57-62(45)28-31-7-4-3-5-8-31)46-55-42(58-65-46)33-11-13-38(14-12-33)64-47(48,49)50/h3-18,23-27H,19-22,28-29H2,1-2H3. The van der Waals surface area contributed by atoms with Gasteiger partial charge in [-0.05, 0) is 91.3 Å². The number of benzene rings is 3. The number of aryl methyl sites for hydroxylation is 1. The molecule has 15 nitrogen and oxygen atoms in total. The van der Waals surface area contributed by atoms with E-state index in [9.17, 15) is 13.2 Å². The molecule has 1 aliphatic rings. The topological polar surface area (TPSA) is 155 Å². The van der Waals surface area contributed by atoms with Gasteiger partial charge in [-0.25, -0.2) is 24.3 Å². The van der Waals surface area contributed by atoms with Crippen molar-refractivity contribution in [1.29, 1.82) is 0 Å². The van der Waals surface area contributed by atoms with Crippen LogP contribution < -0.4 is 9.64 Å². The molecule has 0 atom stereocenters. The van der Waals surface area contributed by atoms with E-state index in [1.165, 1.54) is 24.3 Å². The predicted molar refractivity (Wildman–Crippen MR) is 234 cm³/mol. The lowest BCUT2D eigenvalue weighted by Crippen LogP contribution is -2.44. The van der Waals surface area contributed by atoms with E-state index in [2.05, 4.69) is 47.8 Å². The van der Waals surface area contributed by atoms with Gasteiger partial charge in [0.05, 0.1) is 13.1 Å². The van der Waals surface area contributed by atoms with Crippen LogP contribution in [0.15, 0.2) is 137 Å². The van der Waals surface area contributed by atoms with E-state index in [0.717, 1.165) is 65.6 Å². The van der Waals surface area contributed by atoms with Gasteiger partial charge in [-0.1, -0.05) is 53.7 Å². The molecule has 1 fully saturated rings. The summed E-state index contributed by atoms with van der Waals surface area (Å²) in [5.74, 6) is 3.92. The van der Waals surface area contributed by atoms with Gasteiger partial charge in [-0.3, -0.25) is 4.98 Å². The molecule has 0 N–H and O–H groups in total. The summed E-state index contributed by atoms with van der Waals surface area (Å²) in [6.07, 6.45) is 0.533. The van der Waals surface area contributed by atoms with Crippen LogP contribution in [0.5, 0.6) is 5.75 Å². The third-order valence-corrected chi connectivity index (χ3v) is 10.9. The number of nitrogens with zero attached hydrogens (tertiary/aromatic N) is 12. The average molecular weight is 877 g/mol. The maximum Gasteiger partial charge on any atom is 0.573 e. The summed E-state index contributed by atoms with van der Waals surface area (Å²) in [6.45, 7) is 6.76. The van der Waals surface area contributed by atoms with Gasteiger partial charge in [-0.2, -0.15) is 4.98 Å². The third-order valence-electron chi connectivity index (χ3n) is 10.9. The SMILES string of the molecule is Cc1nc(-c2ccc(-c3cccc(-c4cncc(-c5nc(-c6nc(-c7ccc(OC(F)(F)F)cc7)no6)nn5Cc5ccccc5)c4)c3)o2)nn1Cc1ccnc(N2CCN(C)CC2)c1. The summed E-state index contributed by atoms with van der Waals surface area (Å²) in [5, 5.41) is 13.6. The number of aromatic nitrogens is 10. The fourth-order valence-corrected chi connectivity index (χ4v) is 7.55. The lowest BCUT2D eigenvalue weighted by Gasteiger charge is -2.33. The summed E-state index contributed by atoms with van der Waals surface area (Å²) < 4.78 is 57.6. The number of furan rings is 1. The lowest BCUT2D eigenvalue weighted by molar-refractivity contribution is -0.274. The minimum atomic E-state index is -4.81. The highest BCUT2D eigenvalue weighted by Gasteiger charge is 2.31. The van der Waals surface area contributed by atoms with Crippen LogP contribution in [-0.4, -0.2) is 94.1 Å². The monoisotopic (exact) mass is 876 g/mol. The molecule has 7 heterocycles. The molecule has 65 heavy (non-hydrogen) atoms. The molecule has 0 radical (unpaired) electrons. The second-order valence-corrected chi connectivity index (χ2v) is 15.6. The first-order chi connectivity index (χ1) is 31.6. The van der Waals surface area contributed by atoms with Crippen LogP contribution in [0.4, 0.5) is 19.0 Å². The molecule has 9 aromatic rings. The molecule has 1 saturated heterocycles. The first-order valence-corrected chi connectivity index (χ1v) is 20.7. The Morgan fingerprint density at radius 2 is 1.38 bits per heavy atom. The van der Waals surface area contributed by atoms with Crippen molar-refractivity contribution in [2.75, 3.05) is 38.1 Å². The zero-order valence-corrected chi connectivity index (χ0v) is 35.1. The number of likely N-dealkylation sites (N-methyl/N-ethyl adjacent to an activating group) is 1. The lowest BCUT2D eigenvalue weighted by atomic mass is 10.0. The molecule has 3 aromatic carbocycles. The van der Waals surface area contributed by atoms with E-state index in [1.54, 1.807) is 17.1 Å². The van der Waals surface area contributed by atoms with Gasteiger partial charge in [0.25, 0.3) is 5.89 Å². The highest BCUT2D eigenvalue weighted by Crippen LogP contribution is 2.33. The van der Waals surface area contributed by atoms with E-state index in [-0.39, 0.29) is 23.3 Å². The molecule has 1 aliphatic heterocycles. The highest BCUT2D eigenvalue weighted by molar-refractivity contribution is 5.74. The number of halogens is 3. The number of alkyl halides is 3. The molecule has 0 saturated carbocycles. The molecule has 0 unspecified atom stereocenters.